The lowest BCUT2D eigenvalue weighted by molar-refractivity contribution is -0.120. The maximum absolute atomic E-state index is 12.4. The van der Waals surface area contributed by atoms with Crippen LogP contribution in [0.5, 0.6) is 11.9 Å². The van der Waals surface area contributed by atoms with Gasteiger partial charge in [-0.3, -0.25) is 9.36 Å². The van der Waals surface area contributed by atoms with Crippen molar-refractivity contribution in [2.75, 3.05) is 13.2 Å². The third kappa shape index (κ3) is 5.96. The first kappa shape index (κ1) is 24.4. The molecule has 0 bridgehead atoms. The first-order valence-corrected chi connectivity index (χ1v) is 10.7. The Bertz CT molecular complexity index is 936. The van der Waals surface area contributed by atoms with Gasteiger partial charge in [-0.05, 0) is 26.2 Å². The van der Waals surface area contributed by atoms with Crippen molar-refractivity contribution in [3.8, 4) is 11.9 Å². The van der Waals surface area contributed by atoms with Gasteiger partial charge in [-0.2, -0.15) is 4.98 Å². The Hall–Kier alpha value is -2.24. The molecule has 2 N–H and O–H groups in total. The number of nitrogens with zero attached hydrogens (tertiary/aromatic N) is 3. The highest BCUT2D eigenvalue weighted by molar-refractivity contribution is 6.36. The van der Waals surface area contributed by atoms with Crippen molar-refractivity contribution in [3.63, 3.8) is 0 Å². The summed E-state index contributed by atoms with van der Waals surface area (Å²) in [5.74, 6) is -0.242. The van der Waals surface area contributed by atoms with Crippen LogP contribution in [-0.4, -0.2) is 69.5 Å². The average Bonchev–Trinajstić information content (AvgIpc) is 3.03. The number of rotatable bonds is 9. The zero-order valence-corrected chi connectivity index (χ0v) is 18.8. The minimum absolute atomic E-state index is 0.0735. The molecule has 1 amide bonds. The number of fused-ring (bicyclic) bond motifs is 1. The van der Waals surface area contributed by atoms with Crippen molar-refractivity contribution < 1.29 is 32.9 Å². The number of carbonyl (C=O) groups excluding carboxylic acids is 1. The van der Waals surface area contributed by atoms with Crippen molar-refractivity contribution in [2.24, 2.45) is 7.05 Å². The Morgan fingerprint density at radius 3 is 2.84 bits per heavy atom. The predicted molar refractivity (Wildman–Crippen MR) is 112 cm³/mol. The van der Waals surface area contributed by atoms with E-state index in [1.54, 1.807) is 11.6 Å². The second kappa shape index (κ2) is 10.6. The van der Waals surface area contributed by atoms with Crippen molar-refractivity contribution in [3.05, 3.63) is 11.2 Å². The molecule has 0 aliphatic carbocycles. The Morgan fingerprint density at radius 2 is 2.22 bits per heavy atom. The van der Waals surface area contributed by atoms with Gasteiger partial charge >= 0.3 is 0 Å². The van der Waals surface area contributed by atoms with E-state index in [-0.39, 0.29) is 47.7 Å². The molecular weight excluding hydrogens is 450 g/mol. The molecule has 178 valence electrons. The summed E-state index contributed by atoms with van der Waals surface area (Å²) in [6.07, 6.45) is -0.995. The predicted octanol–water partition coefficient (Wildman–Crippen LogP) is 2.47. The molecule has 0 spiro atoms. The number of amides is 1. The molecule has 3 heterocycles. The zero-order chi connectivity index (χ0) is 23.4. The number of aliphatic hydroxyl groups is 1. The molecule has 2 aromatic heterocycles. The standard InChI is InChI=1S/C20H27ClF2N4O5/c1-10(25-11(2)28)6-14(29)15-5-4-12(8-30-15)32-20-26-13-7-24-19(31-9-16(22)23)17(21)18(13)27(20)3/h7,10,12,14-16,29H,4-6,8-9H2,1-3H3,(H,25,28)/t10-,12+,14?,15-/m0/s1. The van der Waals surface area contributed by atoms with E-state index in [9.17, 15) is 18.7 Å². The van der Waals surface area contributed by atoms with Crippen LogP contribution in [-0.2, 0) is 16.6 Å². The lowest BCUT2D eigenvalue weighted by Crippen LogP contribution is -2.43. The number of alkyl halides is 2. The zero-order valence-electron chi connectivity index (χ0n) is 18.1. The van der Waals surface area contributed by atoms with Gasteiger partial charge in [0.25, 0.3) is 12.4 Å². The summed E-state index contributed by atoms with van der Waals surface area (Å²) in [5.41, 5.74) is 0.895. The fourth-order valence-electron chi connectivity index (χ4n) is 3.69. The molecule has 12 heteroatoms. The Balaban J connectivity index is 1.60. The normalized spacial score (nSPS) is 20.9. The third-order valence-corrected chi connectivity index (χ3v) is 5.48. The number of nitrogens with one attached hydrogen (secondary N) is 1. The van der Waals surface area contributed by atoms with E-state index in [1.807, 2.05) is 6.92 Å². The smallest absolute Gasteiger partial charge is 0.297 e. The summed E-state index contributed by atoms with van der Waals surface area (Å²) >= 11 is 6.29. The molecule has 1 fully saturated rings. The summed E-state index contributed by atoms with van der Waals surface area (Å²) in [7, 11) is 1.69. The Kier molecular flexibility index (Phi) is 8.07. The number of aryl methyl sites for hydroxylation is 1. The largest absolute Gasteiger partial charge is 0.470 e. The van der Waals surface area contributed by atoms with Crippen molar-refractivity contribution in [1.29, 1.82) is 0 Å². The number of hydrogen-bond donors (Lipinski definition) is 2. The fourth-order valence-corrected chi connectivity index (χ4v) is 4.01. The minimum atomic E-state index is -2.64. The van der Waals surface area contributed by atoms with Crippen molar-refractivity contribution in [2.45, 2.75) is 63.9 Å². The minimum Gasteiger partial charge on any atom is -0.470 e. The summed E-state index contributed by atoms with van der Waals surface area (Å²) in [6.45, 7) is 2.71. The maximum Gasteiger partial charge on any atom is 0.297 e. The summed E-state index contributed by atoms with van der Waals surface area (Å²) in [4.78, 5) is 19.4. The first-order chi connectivity index (χ1) is 15.2. The van der Waals surface area contributed by atoms with Crippen LogP contribution in [0, 0.1) is 0 Å². The summed E-state index contributed by atoms with van der Waals surface area (Å²) in [6, 6.07) is 0.120. The van der Waals surface area contributed by atoms with Crippen LogP contribution >= 0.6 is 11.6 Å². The number of halogens is 3. The maximum atomic E-state index is 12.4. The second-order valence-corrected chi connectivity index (χ2v) is 8.24. The van der Waals surface area contributed by atoms with Crippen LogP contribution in [0.25, 0.3) is 11.0 Å². The molecule has 3 rings (SSSR count). The second-order valence-electron chi connectivity index (χ2n) is 7.86. The van der Waals surface area contributed by atoms with Crippen LogP contribution in [0.4, 0.5) is 8.78 Å². The molecule has 1 aliphatic rings. The monoisotopic (exact) mass is 476 g/mol. The topological polar surface area (TPSA) is 108 Å². The molecule has 1 saturated heterocycles. The number of ether oxygens (including phenoxy) is 3. The van der Waals surface area contributed by atoms with E-state index in [0.29, 0.717) is 30.3 Å². The summed E-state index contributed by atoms with van der Waals surface area (Å²) < 4.78 is 43.2. The highest BCUT2D eigenvalue weighted by atomic mass is 35.5. The van der Waals surface area contributed by atoms with Gasteiger partial charge in [-0.1, -0.05) is 11.6 Å². The van der Waals surface area contributed by atoms with Gasteiger partial charge in [0.1, 0.15) is 16.6 Å². The first-order valence-electron chi connectivity index (χ1n) is 10.3. The number of imidazole rings is 1. The van der Waals surface area contributed by atoms with E-state index in [4.69, 9.17) is 25.8 Å². The molecule has 9 nitrogen and oxygen atoms in total. The number of aromatic nitrogens is 3. The molecule has 0 aromatic carbocycles. The highest BCUT2D eigenvalue weighted by Gasteiger charge is 2.30. The number of aliphatic hydroxyl groups excluding tert-OH is 1. The van der Waals surface area contributed by atoms with E-state index in [0.717, 1.165) is 0 Å². The van der Waals surface area contributed by atoms with Gasteiger partial charge in [0, 0.05) is 20.0 Å². The van der Waals surface area contributed by atoms with E-state index in [1.165, 1.54) is 13.1 Å². The molecule has 0 saturated carbocycles. The van der Waals surface area contributed by atoms with Gasteiger partial charge < -0.3 is 24.6 Å². The Labute approximate surface area is 189 Å². The van der Waals surface area contributed by atoms with Crippen LogP contribution in [0.1, 0.15) is 33.1 Å². The van der Waals surface area contributed by atoms with Gasteiger partial charge in [0.2, 0.25) is 11.8 Å². The number of hydrogen-bond acceptors (Lipinski definition) is 7. The molecular formula is C20H27ClF2N4O5. The van der Waals surface area contributed by atoms with Gasteiger partial charge in [-0.15, -0.1) is 0 Å². The van der Waals surface area contributed by atoms with E-state index >= 15 is 0 Å². The van der Waals surface area contributed by atoms with E-state index in [2.05, 4.69) is 15.3 Å². The lowest BCUT2D eigenvalue weighted by Gasteiger charge is -2.32. The van der Waals surface area contributed by atoms with Gasteiger partial charge in [0.15, 0.2) is 6.61 Å². The Morgan fingerprint density at radius 1 is 1.47 bits per heavy atom. The van der Waals surface area contributed by atoms with Crippen LogP contribution in [0.3, 0.4) is 0 Å². The third-order valence-electron chi connectivity index (χ3n) is 5.14. The van der Waals surface area contributed by atoms with Crippen LogP contribution < -0.4 is 14.8 Å². The molecule has 1 unspecified atom stereocenters. The van der Waals surface area contributed by atoms with Gasteiger partial charge in [0.05, 0.1) is 30.5 Å². The molecule has 32 heavy (non-hydrogen) atoms. The van der Waals surface area contributed by atoms with Crippen LogP contribution in [0.15, 0.2) is 6.20 Å². The number of pyridine rings is 1. The SMILES string of the molecule is CC(=O)N[C@@H](C)CC(O)[C@@H]1CC[C@@H](Oc2nc3cnc(OCC(F)F)c(Cl)c3n2C)CO1. The fraction of sp³-hybridized carbons (Fsp3) is 0.650. The highest BCUT2D eigenvalue weighted by Crippen LogP contribution is 2.33. The quantitative estimate of drug-likeness (QED) is 0.572. The summed E-state index contributed by atoms with van der Waals surface area (Å²) in [5, 5.41) is 13.2. The van der Waals surface area contributed by atoms with Crippen LogP contribution in [0.2, 0.25) is 5.02 Å². The number of carbonyl (C=O) groups is 1. The molecule has 2 aromatic rings. The molecule has 4 atom stereocenters. The van der Waals surface area contributed by atoms with Crippen molar-refractivity contribution in [1.82, 2.24) is 19.9 Å². The van der Waals surface area contributed by atoms with E-state index < -0.39 is 19.1 Å². The molecule has 0 radical (unpaired) electrons. The average molecular weight is 477 g/mol. The van der Waals surface area contributed by atoms with Gasteiger partial charge in [-0.25, -0.2) is 13.8 Å². The lowest BCUT2D eigenvalue weighted by atomic mass is 9.98. The van der Waals surface area contributed by atoms with Crippen molar-refractivity contribution >= 4 is 28.5 Å². The molecule has 1 aliphatic heterocycles.